The first-order valence-electron chi connectivity index (χ1n) is 8.62. The molecule has 9 nitrogen and oxygen atoms in total. The molecular weight excluding hydrogens is 401 g/mol. The number of nitrogens with one attached hydrogen (secondary N) is 3. The van der Waals surface area contributed by atoms with E-state index in [0.717, 1.165) is 17.9 Å². The SMILES string of the molecule is CN=C(NCCNc1ccc(S(C)(=O)=O)cc1[N+](=O)[O-])NCc1cccc(F)c1. The molecule has 0 saturated carbocycles. The van der Waals surface area contributed by atoms with Gasteiger partial charge in [-0.1, -0.05) is 12.1 Å². The molecule has 2 rings (SSSR count). The number of nitrogens with zero attached hydrogens (tertiary/aromatic N) is 2. The van der Waals surface area contributed by atoms with Crippen LogP contribution < -0.4 is 16.0 Å². The van der Waals surface area contributed by atoms with Gasteiger partial charge < -0.3 is 16.0 Å². The standard InChI is InChI=1S/C18H22FN5O4S/c1-20-18(23-12-13-4-3-5-14(19)10-13)22-9-8-21-16-7-6-15(29(2,27)28)11-17(16)24(25)26/h3-7,10-11,21H,8-9,12H2,1-2H3,(H2,20,22,23). The fourth-order valence-electron chi connectivity index (χ4n) is 2.47. The Morgan fingerprint density at radius 2 is 1.93 bits per heavy atom. The summed E-state index contributed by atoms with van der Waals surface area (Å²) in [6, 6.07) is 9.90. The number of sulfone groups is 1. The molecule has 29 heavy (non-hydrogen) atoms. The molecule has 2 aromatic rings. The van der Waals surface area contributed by atoms with Crippen molar-refractivity contribution >= 4 is 27.2 Å². The Balaban J connectivity index is 1.89. The number of benzene rings is 2. The minimum atomic E-state index is -3.54. The highest BCUT2D eigenvalue weighted by atomic mass is 32.2. The second kappa shape index (κ2) is 9.82. The van der Waals surface area contributed by atoms with E-state index in [2.05, 4.69) is 20.9 Å². The summed E-state index contributed by atoms with van der Waals surface area (Å²) in [5.74, 6) is 0.165. The van der Waals surface area contributed by atoms with Gasteiger partial charge in [0.05, 0.1) is 9.82 Å². The predicted molar refractivity (Wildman–Crippen MR) is 109 cm³/mol. The summed E-state index contributed by atoms with van der Waals surface area (Å²) in [7, 11) is -1.95. The van der Waals surface area contributed by atoms with Crippen LogP contribution in [0, 0.1) is 15.9 Å². The van der Waals surface area contributed by atoms with E-state index in [1.165, 1.54) is 24.3 Å². The lowest BCUT2D eigenvalue weighted by molar-refractivity contribution is -0.384. The average Bonchev–Trinajstić information content (AvgIpc) is 2.66. The number of anilines is 1. The van der Waals surface area contributed by atoms with Gasteiger partial charge in [-0.25, -0.2) is 12.8 Å². The summed E-state index contributed by atoms with van der Waals surface area (Å²) in [4.78, 5) is 14.5. The van der Waals surface area contributed by atoms with E-state index in [1.54, 1.807) is 19.2 Å². The van der Waals surface area contributed by atoms with E-state index in [0.29, 0.717) is 25.6 Å². The van der Waals surface area contributed by atoms with Crippen molar-refractivity contribution in [2.45, 2.75) is 11.4 Å². The molecule has 0 unspecified atom stereocenters. The molecule has 0 saturated heterocycles. The van der Waals surface area contributed by atoms with Crippen LogP contribution in [0.15, 0.2) is 52.4 Å². The van der Waals surface area contributed by atoms with Crippen LogP contribution in [0.1, 0.15) is 5.56 Å². The van der Waals surface area contributed by atoms with Crippen LogP contribution in [0.3, 0.4) is 0 Å². The number of nitro benzene ring substituents is 1. The summed E-state index contributed by atoms with van der Waals surface area (Å²) in [5, 5.41) is 20.2. The van der Waals surface area contributed by atoms with E-state index in [-0.39, 0.29) is 22.1 Å². The van der Waals surface area contributed by atoms with Gasteiger partial charge in [0, 0.05) is 39.0 Å². The van der Waals surface area contributed by atoms with Gasteiger partial charge in [-0.05, 0) is 29.8 Å². The highest BCUT2D eigenvalue weighted by molar-refractivity contribution is 7.90. The Kier molecular flexibility index (Phi) is 7.48. The number of hydrogen-bond donors (Lipinski definition) is 3. The topological polar surface area (TPSA) is 126 Å². The fraction of sp³-hybridized carbons (Fsp3) is 0.278. The minimum Gasteiger partial charge on any atom is -0.378 e. The van der Waals surface area contributed by atoms with Gasteiger partial charge in [0.2, 0.25) is 0 Å². The van der Waals surface area contributed by atoms with Crippen LogP contribution in [0.4, 0.5) is 15.8 Å². The molecule has 3 N–H and O–H groups in total. The average molecular weight is 423 g/mol. The lowest BCUT2D eigenvalue weighted by Crippen LogP contribution is -2.39. The third-order valence-corrected chi connectivity index (χ3v) is 5.01. The lowest BCUT2D eigenvalue weighted by Gasteiger charge is -2.13. The Labute approximate surface area is 168 Å². The maximum atomic E-state index is 13.2. The Morgan fingerprint density at radius 1 is 1.17 bits per heavy atom. The fourth-order valence-corrected chi connectivity index (χ4v) is 3.11. The first kappa shape index (κ1) is 22.1. The second-order valence-electron chi connectivity index (χ2n) is 6.12. The molecule has 0 heterocycles. The van der Waals surface area contributed by atoms with E-state index >= 15 is 0 Å². The molecule has 0 aliphatic rings. The molecule has 0 aliphatic heterocycles. The Hall–Kier alpha value is -3.21. The summed E-state index contributed by atoms with van der Waals surface area (Å²) < 4.78 is 36.4. The van der Waals surface area contributed by atoms with Crippen LogP contribution in [0.2, 0.25) is 0 Å². The summed E-state index contributed by atoms with van der Waals surface area (Å²) in [6.45, 7) is 1.08. The zero-order valence-electron chi connectivity index (χ0n) is 16.0. The van der Waals surface area contributed by atoms with E-state index in [4.69, 9.17) is 0 Å². The van der Waals surface area contributed by atoms with E-state index < -0.39 is 14.8 Å². The van der Waals surface area contributed by atoms with Crippen LogP contribution >= 0.6 is 0 Å². The zero-order chi connectivity index (χ0) is 21.4. The Morgan fingerprint density at radius 3 is 2.55 bits per heavy atom. The first-order chi connectivity index (χ1) is 13.7. The molecule has 11 heteroatoms. The van der Waals surface area contributed by atoms with Gasteiger partial charge in [0.1, 0.15) is 11.5 Å². The van der Waals surface area contributed by atoms with Crippen LogP contribution in [-0.4, -0.2) is 45.7 Å². The molecule has 0 aliphatic carbocycles. The van der Waals surface area contributed by atoms with Gasteiger partial charge in [0.25, 0.3) is 5.69 Å². The highest BCUT2D eigenvalue weighted by Crippen LogP contribution is 2.27. The smallest absolute Gasteiger partial charge is 0.293 e. The monoisotopic (exact) mass is 423 g/mol. The van der Waals surface area contributed by atoms with Crippen molar-refractivity contribution in [1.82, 2.24) is 10.6 Å². The van der Waals surface area contributed by atoms with Gasteiger partial charge in [-0.2, -0.15) is 0 Å². The molecule has 0 radical (unpaired) electrons. The lowest BCUT2D eigenvalue weighted by atomic mass is 10.2. The van der Waals surface area contributed by atoms with Gasteiger partial charge in [0.15, 0.2) is 15.8 Å². The maximum Gasteiger partial charge on any atom is 0.293 e. The van der Waals surface area contributed by atoms with E-state index in [9.17, 15) is 22.9 Å². The normalized spacial score (nSPS) is 11.8. The van der Waals surface area contributed by atoms with Crippen molar-refractivity contribution in [3.8, 4) is 0 Å². The molecule has 156 valence electrons. The number of hydrogen-bond acceptors (Lipinski definition) is 6. The van der Waals surface area contributed by atoms with Gasteiger partial charge in [-0.3, -0.25) is 15.1 Å². The molecule has 0 amide bonds. The van der Waals surface area contributed by atoms with Crippen LogP contribution in [-0.2, 0) is 16.4 Å². The number of halogens is 1. The maximum absolute atomic E-state index is 13.2. The first-order valence-corrected chi connectivity index (χ1v) is 10.5. The van der Waals surface area contributed by atoms with Crippen molar-refractivity contribution in [1.29, 1.82) is 0 Å². The summed E-state index contributed by atoms with van der Waals surface area (Å²) >= 11 is 0. The summed E-state index contributed by atoms with van der Waals surface area (Å²) in [6.07, 6.45) is 0.992. The molecule has 0 fully saturated rings. The van der Waals surface area contributed by atoms with Crippen molar-refractivity contribution in [2.75, 3.05) is 31.7 Å². The van der Waals surface area contributed by atoms with Crippen molar-refractivity contribution in [2.24, 2.45) is 4.99 Å². The molecule has 0 spiro atoms. The number of nitro groups is 1. The highest BCUT2D eigenvalue weighted by Gasteiger charge is 2.18. The van der Waals surface area contributed by atoms with Gasteiger partial charge >= 0.3 is 0 Å². The van der Waals surface area contributed by atoms with Gasteiger partial charge in [-0.15, -0.1) is 0 Å². The second-order valence-corrected chi connectivity index (χ2v) is 8.13. The number of guanidine groups is 1. The largest absolute Gasteiger partial charge is 0.378 e. The molecule has 0 atom stereocenters. The van der Waals surface area contributed by atoms with E-state index in [1.807, 2.05) is 0 Å². The molecular formula is C18H22FN5O4S. The van der Waals surface area contributed by atoms with Crippen molar-refractivity contribution in [3.05, 3.63) is 64.0 Å². The molecule has 0 aromatic heterocycles. The molecule has 0 bridgehead atoms. The number of rotatable bonds is 8. The van der Waals surface area contributed by atoms with Crippen LogP contribution in [0.5, 0.6) is 0 Å². The minimum absolute atomic E-state index is 0.116. The molecule has 2 aromatic carbocycles. The van der Waals surface area contributed by atoms with Crippen LogP contribution in [0.25, 0.3) is 0 Å². The summed E-state index contributed by atoms with van der Waals surface area (Å²) in [5.41, 5.74) is 0.654. The Bertz CT molecular complexity index is 1010. The third kappa shape index (κ3) is 6.71. The van der Waals surface area contributed by atoms with Crippen molar-refractivity contribution in [3.63, 3.8) is 0 Å². The third-order valence-electron chi connectivity index (χ3n) is 3.90. The number of aliphatic imine (C=N–C) groups is 1. The quantitative estimate of drug-likeness (QED) is 0.195. The van der Waals surface area contributed by atoms with Crippen molar-refractivity contribution < 1.29 is 17.7 Å². The predicted octanol–water partition coefficient (Wildman–Crippen LogP) is 1.91. The zero-order valence-corrected chi connectivity index (χ0v) is 16.8.